The quantitative estimate of drug-likeness (QED) is 0.800. The van der Waals surface area contributed by atoms with Crippen molar-refractivity contribution in [2.75, 3.05) is 18.0 Å². The van der Waals surface area contributed by atoms with Gasteiger partial charge < -0.3 is 10.0 Å². The smallest absolute Gasteiger partial charge is 0.224 e. The summed E-state index contributed by atoms with van der Waals surface area (Å²) in [5, 5.41) is 9.83. The molecule has 1 fully saturated rings. The Morgan fingerprint density at radius 2 is 2.38 bits per heavy atom. The number of aliphatic hydroxyl groups is 1. The van der Waals surface area contributed by atoms with Crippen molar-refractivity contribution >= 4 is 17.4 Å². The fourth-order valence-corrected chi connectivity index (χ4v) is 2.23. The largest absolute Gasteiger partial charge is 0.393 e. The number of rotatable bonds is 2. The molecule has 2 rings (SSSR count). The molecular weight excluding hydrogens is 226 g/mol. The van der Waals surface area contributed by atoms with Gasteiger partial charge in [-0.15, -0.1) is 0 Å². The number of hydrogen-bond donors (Lipinski definition) is 1. The predicted octanol–water partition coefficient (Wildman–Crippen LogP) is 1.65. The van der Waals surface area contributed by atoms with Gasteiger partial charge in [0.05, 0.1) is 6.10 Å². The fraction of sp³-hybridized carbons (Fsp3) is 0.636. The molecule has 0 spiro atoms. The van der Waals surface area contributed by atoms with Gasteiger partial charge in [-0.05, 0) is 31.9 Å². The van der Waals surface area contributed by atoms with Crippen molar-refractivity contribution in [1.82, 2.24) is 9.97 Å². The molecule has 5 heteroatoms. The van der Waals surface area contributed by atoms with E-state index in [0.29, 0.717) is 5.92 Å². The maximum Gasteiger partial charge on any atom is 0.224 e. The van der Waals surface area contributed by atoms with Gasteiger partial charge in [-0.25, -0.2) is 9.97 Å². The molecule has 4 nitrogen and oxygen atoms in total. The molecule has 0 radical (unpaired) electrons. The second-order valence-electron chi connectivity index (χ2n) is 4.38. The van der Waals surface area contributed by atoms with E-state index in [9.17, 15) is 5.11 Å². The summed E-state index contributed by atoms with van der Waals surface area (Å²) in [4.78, 5) is 10.4. The molecule has 2 heterocycles. The Kier molecular flexibility index (Phi) is 3.30. The lowest BCUT2D eigenvalue weighted by Gasteiger charge is -2.20. The van der Waals surface area contributed by atoms with Crippen LogP contribution in [0.4, 0.5) is 5.82 Å². The zero-order valence-corrected chi connectivity index (χ0v) is 10.3. The van der Waals surface area contributed by atoms with Gasteiger partial charge in [0.15, 0.2) is 0 Å². The Hall–Kier alpha value is -0.870. The minimum Gasteiger partial charge on any atom is -0.393 e. The van der Waals surface area contributed by atoms with Gasteiger partial charge in [0.1, 0.15) is 5.82 Å². The molecule has 1 saturated heterocycles. The number of halogens is 1. The highest BCUT2D eigenvalue weighted by Gasteiger charge is 2.27. The number of aromatic nitrogens is 2. The van der Waals surface area contributed by atoms with E-state index in [1.807, 2.05) is 13.8 Å². The summed E-state index contributed by atoms with van der Waals surface area (Å²) in [5.74, 6) is 1.22. The van der Waals surface area contributed by atoms with E-state index in [1.54, 1.807) is 6.20 Å². The van der Waals surface area contributed by atoms with Crippen LogP contribution in [0.5, 0.6) is 0 Å². The second-order valence-corrected chi connectivity index (χ2v) is 4.72. The maximum atomic E-state index is 9.56. The first kappa shape index (κ1) is 11.6. The van der Waals surface area contributed by atoms with Crippen LogP contribution in [0.15, 0.2) is 6.20 Å². The lowest BCUT2D eigenvalue weighted by atomic mass is 10.0. The summed E-state index contributed by atoms with van der Waals surface area (Å²) in [6, 6.07) is 0. The van der Waals surface area contributed by atoms with E-state index in [2.05, 4.69) is 14.9 Å². The molecule has 0 saturated carbocycles. The van der Waals surface area contributed by atoms with Gasteiger partial charge in [-0.1, -0.05) is 0 Å². The minimum atomic E-state index is -0.261. The highest BCUT2D eigenvalue weighted by Crippen LogP contribution is 2.26. The van der Waals surface area contributed by atoms with Gasteiger partial charge in [0.25, 0.3) is 0 Å². The van der Waals surface area contributed by atoms with E-state index in [4.69, 9.17) is 11.6 Å². The molecule has 88 valence electrons. The Bertz CT molecular complexity index is 383. The molecule has 2 unspecified atom stereocenters. The van der Waals surface area contributed by atoms with Crippen LogP contribution in [-0.2, 0) is 0 Å². The monoisotopic (exact) mass is 241 g/mol. The third-order valence-corrected chi connectivity index (χ3v) is 3.30. The fourth-order valence-electron chi connectivity index (χ4n) is 2.11. The molecule has 1 N–H and O–H groups in total. The minimum absolute atomic E-state index is 0.261. The lowest BCUT2D eigenvalue weighted by Crippen LogP contribution is -2.25. The van der Waals surface area contributed by atoms with Gasteiger partial charge >= 0.3 is 0 Å². The van der Waals surface area contributed by atoms with Gasteiger partial charge in [-0.2, -0.15) is 0 Å². The number of hydrogen-bond acceptors (Lipinski definition) is 4. The average molecular weight is 242 g/mol. The zero-order chi connectivity index (χ0) is 11.7. The predicted molar refractivity (Wildman–Crippen MR) is 63.8 cm³/mol. The molecule has 1 aromatic rings. The molecule has 0 aliphatic carbocycles. The summed E-state index contributed by atoms with van der Waals surface area (Å²) in [7, 11) is 0. The SMILES string of the molecule is Cc1cnc(Cl)nc1N1CCC(C(C)O)C1. The summed E-state index contributed by atoms with van der Waals surface area (Å²) in [6.07, 6.45) is 2.47. The van der Waals surface area contributed by atoms with Gasteiger partial charge in [0.2, 0.25) is 5.28 Å². The highest BCUT2D eigenvalue weighted by molar-refractivity contribution is 6.28. The van der Waals surface area contributed by atoms with Crippen LogP contribution < -0.4 is 4.90 Å². The van der Waals surface area contributed by atoms with E-state index in [0.717, 1.165) is 30.9 Å². The molecule has 2 atom stereocenters. The normalized spacial score (nSPS) is 22.5. The number of nitrogens with zero attached hydrogens (tertiary/aromatic N) is 3. The van der Waals surface area contributed by atoms with Crippen LogP contribution in [0.25, 0.3) is 0 Å². The summed E-state index contributed by atoms with van der Waals surface area (Å²) >= 11 is 5.80. The lowest BCUT2D eigenvalue weighted by molar-refractivity contribution is 0.136. The van der Waals surface area contributed by atoms with Crippen molar-refractivity contribution in [2.45, 2.75) is 26.4 Å². The Morgan fingerprint density at radius 1 is 1.62 bits per heavy atom. The third kappa shape index (κ3) is 2.28. The summed E-state index contributed by atoms with van der Waals surface area (Å²) in [6.45, 7) is 5.57. The molecule has 16 heavy (non-hydrogen) atoms. The van der Waals surface area contributed by atoms with E-state index >= 15 is 0 Å². The highest BCUT2D eigenvalue weighted by atomic mass is 35.5. The van der Waals surface area contributed by atoms with Crippen molar-refractivity contribution in [3.05, 3.63) is 17.0 Å². The Balaban J connectivity index is 2.17. The third-order valence-electron chi connectivity index (χ3n) is 3.12. The van der Waals surface area contributed by atoms with Crippen LogP contribution >= 0.6 is 11.6 Å². The van der Waals surface area contributed by atoms with E-state index < -0.39 is 0 Å². The number of aliphatic hydroxyl groups excluding tert-OH is 1. The molecular formula is C11H16ClN3O. The van der Waals surface area contributed by atoms with Crippen molar-refractivity contribution in [2.24, 2.45) is 5.92 Å². The number of aryl methyl sites for hydroxylation is 1. The standard InChI is InChI=1S/C11H16ClN3O/c1-7-5-13-11(12)14-10(7)15-4-3-9(6-15)8(2)16/h5,8-9,16H,3-4,6H2,1-2H3. The first-order chi connectivity index (χ1) is 7.58. The van der Waals surface area contributed by atoms with E-state index in [-0.39, 0.29) is 11.4 Å². The van der Waals surface area contributed by atoms with Crippen LogP contribution in [0.3, 0.4) is 0 Å². The van der Waals surface area contributed by atoms with Gasteiger partial charge in [0, 0.05) is 30.8 Å². The van der Waals surface area contributed by atoms with Crippen LogP contribution in [-0.4, -0.2) is 34.3 Å². The summed E-state index contributed by atoms with van der Waals surface area (Å²) < 4.78 is 0. The van der Waals surface area contributed by atoms with Gasteiger partial charge in [-0.3, -0.25) is 0 Å². The molecule has 0 bridgehead atoms. The second kappa shape index (κ2) is 4.55. The van der Waals surface area contributed by atoms with Crippen LogP contribution in [0, 0.1) is 12.8 Å². The number of anilines is 1. The molecule has 0 amide bonds. The van der Waals surface area contributed by atoms with Crippen molar-refractivity contribution in [1.29, 1.82) is 0 Å². The van der Waals surface area contributed by atoms with Crippen LogP contribution in [0.2, 0.25) is 5.28 Å². The Labute approximate surface area is 100 Å². The molecule has 0 aromatic carbocycles. The molecule has 1 aliphatic rings. The van der Waals surface area contributed by atoms with E-state index in [1.165, 1.54) is 0 Å². The first-order valence-electron chi connectivity index (χ1n) is 5.50. The van der Waals surface area contributed by atoms with Crippen LogP contribution in [0.1, 0.15) is 18.9 Å². The average Bonchev–Trinajstić information content (AvgIpc) is 2.70. The zero-order valence-electron chi connectivity index (χ0n) is 9.52. The molecule has 1 aromatic heterocycles. The summed E-state index contributed by atoms with van der Waals surface area (Å²) in [5.41, 5.74) is 1.02. The maximum absolute atomic E-state index is 9.56. The van der Waals surface area contributed by atoms with Crippen molar-refractivity contribution in [3.8, 4) is 0 Å². The van der Waals surface area contributed by atoms with Crippen molar-refractivity contribution < 1.29 is 5.11 Å². The topological polar surface area (TPSA) is 49.2 Å². The molecule has 1 aliphatic heterocycles. The Morgan fingerprint density at radius 3 is 3.00 bits per heavy atom. The van der Waals surface area contributed by atoms with Crippen molar-refractivity contribution in [3.63, 3.8) is 0 Å². The first-order valence-corrected chi connectivity index (χ1v) is 5.88.